The predicted octanol–water partition coefficient (Wildman–Crippen LogP) is 3.91. The first-order valence-electron chi connectivity index (χ1n) is 8.45. The minimum atomic E-state index is -0.184. The number of likely N-dealkylation sites (tertiary alicyclic amines) is 1. The maximum atomic E-state index is 12.6. The van der Waals surface area contributed by atoms with Crippen molar-refractivity contribution in [1.29, 1.82) is 0 Å². The first-order chi connectivity index (χ1) is 13.1. The number of nitrogens with zero attached hydrogens (tertiary/aromatic N) is 2. The topological polar surface area (TPSA) is 64.8 Å². The number of para-hydroxylation sites is 1. The Balaban J connectivity index is 1.39. The number of hydrogen-bond donors (Lipinski definition) is 0. The lowest BCUT2D eigenvalue weighted by atomic mass is 10.1. The zero-order valence-electron chi connectivity index (χ0n) is 14.6. The van der Waals surface area contributed by atoms with Crippen molar-refractivity contribution in [1.82, 2.24) is 10.1 Å². The minimum absolute atomic E-state index is 0.0456. The molecule has 1 aromatic heterocycles. The third kappa shape index (κ3) is 3.61. The van der Waals surface area contributed by atoms with E-state index in [1.165, 1.54) is 0 Å². The standard InChI is InChI=1S/C20H17ClN2O4/c1-25-18-5-3-2-4-16(18)19-10-17(22-27-19)20(24)23-11-15(12-23)26-14-8-6-13(21)7-9-14/h2-10,15H,11-12H2,1H3. The van der Waals surface area contributed by atoms with Crippen LogP contribution in [0.25, 0.3) is 11.3 Å². The average Bonchev–Trinajstić information content (AvgIpc) is 3.15. The van der Waals surface area contributed by atoms with E-state index in [1.54, 1.807) is 30.2 Å². The summed E-state index contributed by atoms with van der Waals surface area (Å²) >= 11 is 5.86. The summed E-state index contributed by atoms with van der Waals surface area (Å²) in [6.45, 7) is 0.997. The van der Waals surface area contributed by atoms with Gasteiger partial charge in [-0.25, -0.2) is 0 Å². The molecule has 3 aromatic rings. The largest absolute Gasteiger partial charge is 0.496 e. The molecule has 1 saturated heterocycles. The molecule has 27 heavy (non-hydrogen) atoms. The molecule has 0 atom stereocenters. The fourth-order valence-corrected chi connectivity index (χ4v) is 3.02. The number of benzene rings is 2. The Bertz CT molecular complexity index is 949. The van der Waals surface area contributed by atoms with Gasteiger partial charge in [0.05, 0.1) is 25.8 Å². The summed E-state index contributed by atoms with van der Waals surface area (Å²) in [5, 5.41) is 4.57. The number of carbonyl (C=O) groups excluding carboxylic acids is 1. The lowest BCUT2D eigenvalue weighted by Crippen LogP contribution is -2.56. The number of amides is 1. The van der Waals surface area contributed by atoms with Crippen LogP contribution in [0, 0.1) is 0 Å². The highest BCUT2D eigenvalue weighted by molar-refractivity contribution is 6.30. The number of aromatic nitrogens is 1. The Hall–Kier alpha value is -2.99. The van der Waals surface area contributed by atoms with Crippen LogP contribution in [-0.4, -0.2) is 42.3 Å². The maximum Gasteiger partial charge on any atom is 0.276 e. The molecule has 6 nitrogen and oxygen atoms in total. The molecule has 0 spiro atoms. The molecule has 0 N–H and O–H groups in total. The normalized spacial score (nSPS) is 13.9. The predicted molar refractivity (Wildman–Crippen MR) is 100 cm³/mol. The monoisotopic (exact) mass is 384 g/mol. The fraction of sp³-hybridized carbons (Fsp3) is 0.200. The van der Waals surface area contributed by atoms with Gasteiger partial charge in [-0.05, 0) is 36.4 Å². The molecule has 1 aliphatic heterocycles. The highest BCUT2D eigenvalue weighted by Crippen LogP contribution is 2.30. The molecule has 2 aromatic carbocycles. The van der Waals surface area contributed by atoms with Crippen LogP contribution in [0.15, 0.2) is 59.1 Å². The van der Waals surface area contributed by atoms with E-state index in [1.807, 2.05) is 36.4 Å². The van der Waals surface area contributed by atoms with Gasteiger partial charge in [0.1, 0.15) is 17.6 Å². The molecule has 0 bridgehead atoms. The van der Waals surface area contributed by atoms with Crippen LogP contribution >= 0.6 is 11.6 Å². The van der Waals surface area contributed by atoms with Gasteiger partial charge in [-0.3, -0.25) is 4.79 Å². The molecule has 7 heteroatoms. The van der Waals surface area contributed by atoms with E-state index in [2.05, 4.69) is 5.16 Å². The van der Waals surface area contributed by atoms with Crippen molar-refractivity contribution in [3.8, 4) is 22.8 Å². The number of halogens is 1. The second kappa shape index (κ2) is 7.32. The Morgan fingerprint density at radius 1 is 1.19 bits per heavy atom. The molecule has 1 fully saturated rings. The van der Waals surface area contributed by atoms with Crippen molar-refractivity contribution in [2.45, 2.75) is 6.10 Å². The maximum absolute atomic E-state index is 12.6. The van der Waals surface area contributed by atoms with Gasteiger partial charge in [-0.2, -0.15) is 0 Å². The first-order valence-corrected chi connectivity index (χ1v) is 8.83. The molecular weight excluding hydrogens is 368 g/mol. The zero-order valence-corrected chi connectivity index (χ0v) is 15.3. The third-order valence-corrected chi connectivity index (χ3v) is 4.61. The zero-order chi connectivity index (χ0) is 18.8. The second-order valence-electron chi connectivity index (χ2n) is 6.18. The highest BCUT2D eigenvalue weighted by Gasteiger charge is 2.34. The van der Waals surface area contributed by atoms with Crippen LogP contribution < -0.4 is 9.47 Å². The van der Waals surface area contributed by atoms with E-state index in [-0.39, 0.29) is 17.7 Å². The van der Waals surface area contributed by atoms with Crippen LogP contribution in [0.4, 0.5) is 0 Å². The van der Waals surface area contributed by atoms with Crippen LogP contribution in [0.2, 0.25) is 5.02 Å². The number of methoxy groups -OCH3 is 1. The molecule has 1 amide bonds. The molecule has 138 valence electrons. The average molecular weight is 385 g/mol. The molecule has 0 radical (unpaired) electrons. The number of carbonyl (C=O) groups is 1. The molecule has 0 aliphatic carbocycles. The number of rotatable bonds is 5. The van der Waals surface area contributed by atoms with E-state index in [9.17, 15) is 4.79 Å². The lowest BCUT2D eigenvalue weighted by Gasteiger charge is -2.38. The molecule has 0 unspecified atom stereocenters. The van der Waals surface area contributed by atoms with E-state index in [0.29, 0.717) is 29.6 Å². The van der Waals surface area contributed by atoms with Crippen LogP contribution in [0.3, 0.4) is 0 Å². The molecule has 2 heterocycles. The molecule has 1 aliphatic rings. The highest BCUT2D eigenvalue weighted by atomic mass is 35.5. The quantitative estimate of drug-likeness (QED) is 0.667. The third-order valence-electron chi connectivity index (χ3n) is 4.35. The fourth-order valence-electron chi connectivity index (χ4n) is 2.90. The smallest absolute Gasteiger partial charge is 0.276 e. The van der Waals surface area contributed by atoms with Crippen LogP contribution in [-0.2, 0) is 0 Å². The first kappa shape index (κ1) is 17.4. The van der Waals surface area contributed by atoms with Gasteiger partial charge in [0.2, 0.25) is 0 Å². The summed E-state index contributed by atoms with van der Waals surface area (Å²) in [5.41, 5.74) is 1.01. The van der Waals surface area contributed by atoms with E-state index in [0.717, 1.165) is 11.3 Å². The van der Waals surface area contributed by atoms with Crippen LogP contribution in [0.5, 0.6) is 11.5 Å². The van der Waals surface area contributed by atoms with Gasteiger partial charge in [0.25, 0.3) is 5.91 Å². The van der Waals surface area contributed by atoms with Gasteiger partial charge in [0.15, 0.2) is 11.5 Å². The van der Waals surface area contributed by atoms with Gasteiger partial charge in [0, 0.05) is 11.1 Å². The summed E-state index contributed by atoms with van der Waals surface area (Å²) in [4.78, 5) is 14.2. The Labute approximate surface area is 161 Å². The molecule has 0 saturated carbocycles. The van der Waals surface area contributed by atoms with E-state index >= 15 is 0 Å². The summed E-state index contributed by atoms with van der Waals surface area (Å²) in [6.07, 6.45) is -0.0456. The van der Waals surface area contributed by atoms with Crippen molar-refractivity contribution in [3.63, 3.8) is 0 Å². The summed E-state index contributed by atoms with van der Waals surface area (Å²) in [6, 6.07) is 16.2. The SMILES string of the molecule is COc1ccccc1-c1cc(C(=O)N2CC(Oc3ccc(Cl)cc3)C2)no1. The van der Waals surface area contributed by atoms with E-state index in [4.69, 9.17) is 25.6 Å². The summed E-state index contributed by atoms with van der Waals surface area (Å²) in [5.74, 6) is 1.70. The Morgan fingerprint density at radius 3 is 2.67 bits per heavy atom. The Kier molecular flexibility index (Phi) is 4.73. The van der Waals surface area contributed by atoms with Gasteiger partial charge < -0.3 is 18.9 Å². The van der Waals surface area contributed by atoms with Gasteiger partial charge in [-0.15, -0.1) is 0 Å². The lowest BCUT2D eigenvalue weighted by molar-refractivity contribution is 0.0170. The molecule has 4 rings (SSSR count). The van der Waals surface area contributed by atoms with Gasteiger partial charge >= 0.3 is 0 Å². The van der Waals surface area contributed by atoms with Crippen molar-refractivity contribution >= 4 is 17.5 Å². The summed E-state index contributed by atoms with van der Waals surface area (Å²) < 4.78 is 16.5. The summed E-state index contributed by atoms with van der Waals surface area (Å²) in [7, 11) is 1.59. The van der Waals surface area contributed by atoms with Crippen molar-refractivity contribution < 1.29 is 18.8 Å². The van der Waals surface area contributed by atoms with Crippen molar-refractivity contribution in [2.75, 3.05) is 20.2 Å². The van der Waals surface area contributed by atoms with Crippen molar-refractivity contribution in [2.24, 2.45) is 0 Å². The van der Waals surface area contributed by atoms with Gasteiger partial charge in [-0.1, -0.05) is 28.9 Å². The number of ether oxygens (including phenoxy) is 2. The Morgan fingerprint density at radius 2 is 1.93 bits per heavy atom. The molecular formula is C20H17ClN2O4. The number of hydrogen-bond acceptors (Lipinski definition) is 5. The minimum Gasteiger partial charge on any atom is -0.496 e. The van der Waals surface area contributed by atoms with E-state index < -0.39 is 0 Å². The van der Waals surface area contributed by atoms with Crippen molar-refractivity contribution in [3.05, 3.63) is 65.3 Å². The second-order valence-corrected chi connectivity index (χ2v) is 6.62. The van der Waals surface area contributed by atoms with Crippen LogP contribution in [0.1, 0.15) is 10.5 Å².